The fourth-order valence-corrected chi connectivity index (χ4v) is 5.39. The Hall–Kier alpha value is -3.20. The SMILES string of the molecule is Cc1ccsc1C(=O)N1CCN(C(=O)c2nc(-c3ccc(N4CCC(C)CC4)cc3)no2)CC1. The molecule has 0 unspecified atom stereocenters. The number of anilines is 1. The molecule has 0 atom stereocenters. The van der Waals surface area contributed by atoms with Crippen LogP contribution in [0.2, 0.25) is 0 Å². The zero-order valence-corrected chi connectivity index (χ0v) is 20.4. The first-order valence-corrected chi connectivity index (χ1v) is 12.7. The summed E-state index contributed by atoms with van der Waals surface area (Å²) >= 11 is 1.46. The Balaban J connectivity index is 1.19. The normalized spacial score (nSPS) is 17.3. The number of carbonyl (C=O) groups is 2. The van der Waals surface area contributed by atoms with E-state index in [1.165, 1.54) is 29.9 Å². The van der Waals surface area contributed by atoms with Crippen molar-refractivity contribution in [3.05, 3.63) is 52.0 Å². The average Bonchev–Trinajstić information content (AvgIpc) is 3.53. The maximum absolute atomic E-state index is 12.9. The van der Waals surface area contributed by atoms with Crippen LogP contribution in [0.3, 0.4) is 0 Å². The lowest BCUT2D eigenvalue weighted by Gasteiger charge is -2.33. The van der Waals surface area contributed by atoms with Crippen LogP contribution < -0.4 is 4.90 Å². The Morgan fingerprint density at radius 2 is 1.59 bits per heavy atom. The summed E-state index contributed by atoms with van der Waals surface area (Å²) < 4.78 is 5.30. The van der Waals surface area contributed by atoms with E-state index in [2.05, 4.69) is 34.1 Å². The molecule has 2 amide bonds. The molecule has 0 aliphatic carbocycles. The molecule has 2 aliphatic heterocycles. The second-order valence-electron chi connectivity index (χ2n) is 9.16. The van der Waals surface area contributed by atoms with Crippen LogP contribution in [0.5, 0.6) is 0 Å². The van der Waals surface area contributed by atoms with Crippen LogP contribution in [-0.4, -0.2) is 71.0 Å². The van der Waals surface area contributed by atoms with Crippen molar-refractivity contribution in [2.75, 3.05) is 44.2 Å². The third-order valence-electron chi connectivity index (χ3n) is 6.79. The molecule has 0 radical (unpaired) electrons. The summed E-state index contributed by atoms with van der Waals surface area (Å²) in [7, 11) is 0. The van der Waals surface area contributed by atoms with Gasteiger partial charge in [0.15, 0.2) is 0 Å². The summed E-state index contributed by atoms with van der Waals surface area (Å²) in [5.74, 6) is 0.918. The minimum atomic E-state index is -0.294. The van der Waals surface area contributed by atoms with Crippen molar-refractivity contribution >= 4 is 28.8 Å². The highest BCUT2D eigenvalue weighted by Gasteiger charge is 2.29. The van der Waals surface area contributed by atoms with Gasteiger partial charge in [0, 0.05) is 50.5 Å². The van der Waals surface area contributed by atoms with Crippen LogP contribution in [0.15, 0.2) is 40.2 Å². The lowest BCUT2D eigenvalue weighted by atomic mass is 9.98. The maximum atomic E-state index is 12.9. The highest BCUT2D eigenvalue weighted by molar-refractivity contribution is 7.12. The van der Waals surface area contributed by atoms with Gasteiger partial charge in [-0.1, -0.05) is 12.1 Å². The van der Waals surface area contributed by atoms with Gasteiger partial charge in [-0.25, -0.2) is 0 Å². The molecule has 4 heterocycles. The molecule has 9 heteroatoms. The average molecular weight is 480 g/mol. The molecule has 1 aromatic carbocycles. The molecule has 2 fully saturated rings. The van der Waals surface area contributed by atoms with Crippen molar-refractivity contribution in [3.63, 3.8) is 0 Å². The molecule has 2 aliphatic rings. The number of amides is 2. The number of piperidine rings is 1. The monoisotopic (exact) mass is 479 g/mol. The molecule has 0 saturated carbocycles. The summed E-state index contributed by atoms with van der Waals surface area (Å²) in [5, 5.41) is 5.96. The Labute approximate surface area is 203 Å². The van der Waals surface area contributed by atoms with Gasteiger partial charge in [0.25, 0.3) is 5.91 Å². The number of benzene rings is 1. The Kier molecular flexibility index (Phi) is 6.36. The van der Waals surface area contributed by atoms with E-state index < -0.39 is 0 Å². The summed E-state index contributed by atoms with van der Waals surface area (Å²) in [6, 6.07) is 10.1. The molecule has 0 N–H and O–H groups in total. The fourth-order valence-electron chi connectivity index (χ4n) is 4.50. The first-order chi connectivity index (χ1) is 16.5. The molecule has 2 saturated heterocycles. The number of hydrogen-bond acceptors (Lipinski definition) is 7. The first-order valence-electron chi connectivity index (χ1n) is 11.8. The third-order valence-corrected chi connectivity index (χ3v) is 7.80. The molecular weight excluding hydrogens is 450 g/mol. The summed E-state index contributed by atoms with van der Waals surface area (Å²) in [4.78, 5) is 36.6. The number of aryl methyl sites for hydroxylation is 1. The lowest BCUT2D eigenvalue weighted by Crippen LogP contribution is -2.50. The predicted molar refractivity (Wildman–Crippen MR) is 131 cm³/mol. The smallest absolute Gasteiger partial charge is 0.316 e. The number of thiophene rings is 1. The van der Waals surface area contributed by atoms with E-state index in [0.29, 0.717) is 32.0 Å². The van der Waals surface area contributed by atoms with Gasteiger partial charge in [-0.2, -0.15) is 4.98 Å². The van der Waals surface area contributed by atoms with Gasteiger partial charge in [-0.15, -0.1) is 11.3 Å². The van der Waals surface area contributed by atoms with E-state index in [1.807, 2.05) is 30.5 Å². The first kappa shape index (κ1) is 22.6. The third kappa shape index (κ3) is 4.57. The van der Waals surface area contributed by atoms with Gasteiger partial charge >= 0.3 is 11.8 Å². The zero-order valence-electron chi connectivity index (χ0n) is 19.6. The number of piperazine rings is 1. The number of rotatable bonds is 4. The zero-order chi connectivity index (χ0) is 23.7. The van der Waals surface area contributed by atoms with E-state index in [4.69, 9.17) is 4.52 Å². The van der Waals surface area contributed by atoms with Crippen LogP contribution in [0.4, 0.5) is 5.69 Å². The van der Waals surface area contributed by atoms with Crippen molar-refractivity contribution in [2.24, 2.45) is 5.92 Å². The number of nitrogens with zero attached hydrogens (tertiary/aromatic N) is 5. The largest absolute Gasteiger partial charge is 0.372 e. The Morgan fingerprint density at radius 3 is 2.21 bits per heavy atom. The molecule has 0 spiro atoms. The molecule has 3 aromatic rings. The predicted octanol–water partition coefficient (Wildman–Crippen LogP) is 3.94. The number of aromatic nitrogens is 2. The summed E-state index contributed by atoms with van der Waals surface area (Å²) in [6.07, 6.45) is 2.43. The van der Waals surface area contributed by atoms with Gasteiger partial charge < -0.3 is 19.2 Å². The van der Waals surface area contributed by atoms with E-state index in [-0.39, 0.29) is 17.7 Å². The minimum absolute atomic E-state index is 0.0158. The van der Waals surface area contributed by atoms with Gasteiger partial charge in [0.1, 0.15) is 0 Å². The highest BCUT2D eigenvalue weighted by atomic mass is 32.1. The number of carbonyl (C=O) groups excluding carboxylic acids is 2. The molecule has 34 heavy (non-hydrogen) atoms. The Bertz CT molecular complexity index is 1160. The van der Waals surface area contributed by atoms with Crippen LogP contribution >= 0.6 is 11.3 Å². The van der Waals surface area contributed by atoms with Crippen molar-refractivity contribution in [3.8, 4) is 11.4 Å². The maximum Gasteiger partial charge on any atom is 0.316 e. The molecule has 5 rings (SSSR count). The van der Waals surface area contributed by atoms with Crippen molar-refractivity contribution in [1.29, 1.82) is 0 Å². The van der Waals surface area contributed by atoms with Gasteiger partial charge in [-0.3, -0.25) is 9.59 Å². The Morgan fingerprint density at radius 1 is 0.941 bits per heavy atom. The van der Waals surface area contributed by atoms with Crippen LogP contribution in [0.1, 0.15) is 45.7 Å². The summed E-state index contributed by atoms with van der Waals surface area (Å²) in [6.45, 7) is 8.25. The second kappa shape index (κ2) is 9.58. The van der Waals surface area contributed by atoms with E-state index in [1.54, 1.807) is 9.80 Å². The van der Waals surface area contributed by atoms with Crippen LogP contribution in [0.25, 0.3) is 11.4 Å². The lowest BCUT2D eigenvalue weighted by molar-refractivity contribution is 0.0510. The van der Waals surface area contributed by atoms with Crippen LogP contribution in [-0.2, 0) is 0 Å². The standard InChI is InChI=1S/C25H29N5O3S/c1-17-7-10-28(11-8-17)20-5-3-19(4-6-20)22-26-23(33-27-22)25(32)30-14-12-29(13-15-30)24(31)21-18(2)9-16-34-21/h3-6,9,16-17H,7-8,10-15H2,1-2H3. The van der Waals surface area contributed by atoms with E-state index in [0.717, 1.165) is 35.0 Å². The minimum Gasteiger partial charge on any atom is -0.372 e. The highest BCUT2D eigenvalue weighted by Crippen LogP contribution is 2.26. The van der Waals surface area contributed by atoms with Crippen molar-refractivity contribution < 1.29 is 14.1 Å². The van der Waals surface area contributed by atoms with Crippen molar-refractivity contribution in [2.45, 2.75) is 26.7 Å². The summed E-state index contributed by atoms with van der Waals surface area (Å²) in [5.41, 5.74) is 3.00. The van der Waals surface area contributed by atoms with Crippen LogP contribution in [0, 0.1) is 12.8 Å². The van der Waals surface area contributed by atoms with Gasteiger partial charge in [0.2, 0.25) is 5.82 Å². The molecule has 2 aromatic heterocycles. The second-order valence-corrected chi connectivity index (χ2v) is 10.1. The molecule has 0 bridgehead atoms. The van der Waals surface area contributed by atoms with Gasteiger partial charge in [0.05, 0.1) is 4.88 Å². The fraction of sp³-hybridized carbons (Fsp3) is 0.440. The topological polar surface area (TPSA) is 82.8 Å². The van der Waals surface area contributed by atoms with Crippen molar-refractivity contribution in [1.82, 2.24) is 19.9 Å². The molecule has 178 valence electrons. The number of hydrogen-bond donors (Lipinski definition) is 0. The quantitative estimate of drug-likeness (QED) is 0.564. The molecule has 8 nitrogen and oxygen atoms in total. The van der Waals surface area contributed by atoms with E-state index in [9.17, 15) is 9.59 Å². The molecular formula is C25H29N5O3S. The van der Waals surface area contributed by atoms with Gasteiger partial charge in [-0.05, 0) is 67.0 Å². The van der Waals surface area contributed by atoms with E-state index >= 15 is 0 Å².